The lowest BCUT2D eigenvalue weighted by atomic mass is 10.2. The molecule has 0 aliphatic rings. The summed E-state index contributed by atoms with van der Waals surface area (Å²) in [5.41, 5.74) is -0.911. The lowest BCUT2D eigenvalue weighted by molar-refractivity contribution is -0.388. The predicted molar refractivity (Wildman–Crippen MR) is 59.5 cm³/mol. The molecule has 0 saturated heterocycles. The summed E-state index contributed by atoms with van der Waals surface area (Å²) in [5.74, 6) is -3.87. The summed E-state index contributed by atoms with van der Waals surface area (Å²) < 4.78 is 44.2. The van der Waals surface area contributed by atoms with Gasteiger partial charge in [-0.05, 0) is 24.3 Å². The molecule has 0 aliphatic carbocycles. The standard InChI is InChI=1S/C12H6F3NO3/c13-7-4-5-10(9(15)6-7)19-11-3-1-2-8(14)12(11)16(17)18/h1-6H. The molecule has 0 N–H and O–H groups in total. The van der Waals surface area contributed by atoms with Gasteiger partial charge in [-0.25, -0.2) is 8.78 Å². The van der Waals surface area contributed by atoms with Crippen LogP contribution in [0.3, 0.4) is 0 Å². The number of para-hydroxylation sites is 1. The molecule has 0 heterocycles. The molecule has 0 aliphatic heterocycles. The van der Waals surface area contributed by atoms with Crippen LogP contribution in [-0.2, 0) is 0 Å². The molecule has 0 atom stereocenters. The molecule has 4 nitrogen and oxygen atoms in total. The second kappa shape index (κ2) is 4.97. The second-order valence-corrected chi connectivity index (χ2v) is 3.52. The van der Waals surface area contributed by atoms with E-state index in [2.05, 4.69) is 0 Å². The van der Waals surface area contributed by atoms with E-state index in [0.29, 0.717) is 6.07 Å². The maximum atomic E-state index is 13.3. The van der Waals surface area contributed by atoms with Crippen molar-refractivity contribution in [3.63, 3.8) is 0 Å². The summed E-state index contributed by atoms with van der Waals surface area (Å²) >= 11 is 0. The first-order valence-electron chi connectivity index (χ1n) is 5.05. The van der Waals surface area contributed by atoms with E-state index in [9.17, 15) is 23.3 Å². The third-order valence-corrected chi connectivity index (χ3v) is 2.25. The van der Waals surface area contributed by atoms with Crippen molar-refractivity contribution in [3.05, 3.63) is 64.0 Å². The van der Waals surface area contributed by atoms with E-state index in [4.69, 9.17) is 4.74 Å². The smallest absolute Gasteiger partial charge is 0.346 e. The molecule has 0 saturated carbocycles. The first-order valence-corrected chi connectivity index (χ1v) is 5.05. The van der Waals surface area contributed by atoms with E-state index < -0.39 is 39.6 Å². The van der Waals surface area contributed by atoms with Crippen molar-refractivity contribution in [2.75, 3.05) is 0 Å². The Kier molecular flexibility index (Phi) is 3.37. The molecule has 2 aromatic carbocycles. The van der Waals surface area contributed by atoms with E-state index >= 15 is 0 Å². The fraction of sp³-hybridized carbons (Fsp3) is 0. The number of ether oxygens (including phenoxy) is 1. The number of rotatable bonds is 3. The molecule has 98 valence electrons. The van der Waals surface area contributed by atoms with Crippen LogP contribution in [0.2, 0.25) is 0 Å². The number of nitrogens with zero attached hydrogens (tertiary/aromatic N) is 1. The van der Waals surface area contributed by atoms with Gasteiger partial charge < -0.3 is 4.74 Å². The summed E-state index contributed by atoms with van der Waals surface area (Å²) in [5, 5.41) is 10.7. The first kappa shape index (κ1) is 12.9. The Morgan fingerprint density at radius 1 is 1.00 bits per heavy atom. The number of benzene rings is 2. The van der Waals surface area contributed by atoms with E-state index in [-0.39, 0.29) is 0 Å². The molecule has 2 rings (SSSR count). The van der Waals surface area contributed by atoms with Gasteiger partial charge in [0.05, 0.1) is 4.92 Å². The van der Waals surface area contributed by atoms with Crippen LogP contribution in [-0.4, -0.2) is 4.92 Å². The molecule has 0 fully saturated rings. The van der Waals surface area contributed by atoms with Crippen LogP contribution in [0.4, 0.5) is 18.9 Å². The maximum Gasteiger partial charge on any atom is 0.346 e. The van der Waals surface area contributed by atoms with E-state index in [1.54, 1.807) is 0 Å². The highest BCUT2D eigenvalue weighted by Crippen LogP contribution is 2.34. The van der Waals surface area contributed by atoms with Gasteiger partial charge in [0.1, 0.15) is 5.82 Å². The highest BCUT2D eigenvalue weighted by atomic mass is 19.1. The number of nitro benzene ring substituents is 1. The van der Waals surface area contributed by atoms with Crippen molar-refractivity contribution in [2.24, 2.45) is 0 Å². The van der Waals surface area contributed by atoms with Gasteiger partial charge in [0, 0.05) is 6.07 Å². The molecule has 19 heavy (non-hydrogen) atoms. The summed E-state index contributed by atoms with van der Waals surface area (Å²) in [6.45, 7) is 0. The fourth-order valence-corrected chi connectivity index (χ4v) is 1.43. The molecular weight excluding hydrogens is 263 g/mol. The zero-order chi connectivity index (χ0) is 14.0. The molecule has 0 radical (unpaired) electrons. The van der Waals surface area contributed by atoms with Gasteiger partial charge in [-0.15, -0.1) is 0 Å². The van der Waals surface area contributed by atoms with Gasteiger partial charge in [-0.3, -0.25) is 10.1 Å². The van der Waals surface area contributed by atoms with E-state index in [0.717, 1.165) is 24.3 Å². The Morgan fingerprint density at radius 3 is 2.37 bits per heavy atom. The average molecular weight is 269 g/mol. The lowest BCUT2D eigenvalue weighted by Gasteiger charge is -2.07. The molecule has 0 spiro atoms. The minimum absolute atomic E-state index is 0.435. The molecule has 7 heteroatoms. The number of hydrogen-bond acceptors (Lipinski definition) is 3. The zero-order valence-electron chi connectivity index (χ0n) is 9.27. The normalized spacial score (nSPS) is 10.3. The molecule has 0 amide bonds. The van der Waals surface area contributed by atoms with Crippen LogP contribution < -0.4 is 4.74 Å². The van der Waals surface area contributed by atoms with Gasteiger partial charge in [-0.1, -0.05) is 6.07 Å². The van der Waals surface area contributed by atoms with Crippen LogP contribution in [0.15, 0.2) is 36.4 Å². The van der Waals surface area contributed by atoms with Crippen molar-refractivity contribution in [3.8, 4) is 11.5 Å². The van der Waals surface area contributed by atoms with E-state index in [1.807, 2.05) is 0 Å². The van der Waals surface area contributed by atoms with Crippen LogP contribution in [0.5, 0.6) is 11.5 Å². The molecule has 2 aromatic rings. The minimum atomic E-state index is -1.11. The van der Waals surface area contributed by atoms with Crippen LogP contribution in [0, 0.1) is 27.6 Å². The number of halogens is 3. The van der Waals surface area contributed by atoms with Gasteiger partial charge in [0.2, 0.25) is 11.6 Å². The fourth-order valence-electron chi connectivity index (χ4n) is 1.43. The minimum Gasteiger partial charge on any atom is -0.447 e. The Bertz CT molecular complexity index is 646. The van der Waals surface area contributed by atoms with Crippen molar-refractivity contribution in [1.29, 1.82) is 0 Å². The molecule has 0 unspecified atom stereocenters. The molecule has 0 aromatic heterocycles. The van der Waals surface area contributed by atoms with Gasteiger partial charge >= 0.3 is 5.69 Å². The highest BCUT2D eigenvalue weighted by Gasteiger charge is 2.22. The quantitative estimate of drug-likeness (QED) is 0.629. The van der Waals surface area contributed by atoms with Gasteiger partial charge in [-0.2, -0.15) is 4.39 Å². The number of hydrogen-bond donors (Lipinski definition) is 0. The Labute approximate surface area is 105 Å². The monoisotopic (exact) mass is 269 g/mol. The summed E-state index contributed by atoms with van der Waals surface area (Å²) in [4.78, 5) is 9.72. The predicted octanol–water partition coefficient (Wildman–Crippen LogP) is 3.80. The zero-order valence-corrected chi connectivity index (χ0v) is 9.27. The van der Waals surface area contributed by atoms with E-state index in [1.165, 1.54) is 6.07 Å². The first-order chi connectivity index (χ1) is 8.99. The third-order valence-electron chi connectivity index (χ3n) is 2.25. The Hall–Kier alpha value is -2.57. The maximum absolute atomic E-state index is 13.3. The van der Waals surface area contributed by atoms with Crippen molar-refractivity contribution in [2.45, 2.75) is 0 Å². The summed E-state index contributed by atoms with van der Waals surface area (Å²) in [6, 6.07) is 5.61. The third kappa shape index (κ3) is 2.65. The number of nitro groups is 1. The lowest BCUT2D eigenvalue weighted by Crippen LogP contribution is -1.97. The van der Waals surface area contributed by atoms with Gasteiger partial charge in [0.25, 0.3) is 0 Å². The Balaban J connectivity index is 2.44. The largest absolute Gasteiger partial charge is 0.447 e. The van der Waals surface area contributed by atoms with Gasteiger partial charge in [0.15, 0.2) is 11.6 Å². The average Bonchev–Trinajstić information content (AvgIpc) is 2.32. The SMILES string of the molecule is O=[N+]([O-])c1c(F)cccc1Oc1ccc(F)cc1F. The van der Waals surface area contributed by atoms with Crippen molar-refractivity contribution in [1.82, 2.24) is 0 Å². The molecular formula is C12H6F3NO3. The summed E-state index contributed by atoms with van der Waals surface area (Å²) in [7, 11) is 0. The topological polar surface area (TPSA) is 52.4 Å². The van der Waals surface area contributed by atoms with Crippen molar-refractivity contribution < 1.29 is 22.8 Å². The highest BCUT2D eigenvalue weighted by molar-refractivity contribution is 5.49. The summed E-state index contributed by atoms with van der Waals surface area (Å²) in [6.07, 6.45) is 0. The second-order valence-electron chi connectivity index (χ2n) is 3.52. The van der Waals surface area contributed by atoms with Crippen molar-refractivity contribution >= 4 is 5.69 Å². The Morgan fingerprint density at radius 2 is 1.74 bits per heavy atom. The van der Waals surface area contributed by atoms with Crippen LogP contribution in [0.1, 0.15) is 0 Å². The van der Waals surface area contributed by atoms with Crippen LogP contribution in [0.25, 0.3) is 0 Å². The van der Waals surface area contributed by atoms with Crippen LogP contribution >= 0.6 is 0 Å². The molecule has 0 bridgehead atoms.